The monoisotopic (exact) mass is 455 g/mol. The molecule has 0 saturated carbocycles. The highest BCUT2D eigenvalue weighted by atomic mass is 19.1. The largest absolute Gasteiger partial charge is 0.454 e. The Morgan fingerprint density at radius 3 is 2.62 bits per heavy atom. The molecule has 3 aromatic carbocycles. The van der Waals surface area contributed by atoms with Crippen molar-refractivity contribution in [2.75, 3.05) is 5.73 Å². The van der Waals surface area contributed by atoms with Crippen LogP contribution in [0.5, 0.6) is 23.1 Å². The lowest BCUT2D eigenvalue weighted by atomic mass is 10.00. The Hall–Kier alpha value is -4.46. The molecule has 0 atom stereocenters. The van der Waals surface area contributed by atoms with Gasteiger partial charge in [-0.15, -0.1) is 0 Å². The Labute approximate surface area is 193 Å². The summed E-state index contributed by atoms with van der Waals surface area (Å²) in [4.78, 5) is 6.59. The van der Waals surface area contributed by atoms with Crippen LogP contribution >= 0.6 is 0 Å². The number of hydrogen-bond acceptors (Lipinski definition) is 4. The van der Waals surface area contributed by atoms with E-state index in [1.54, 1.807) is 41.0 Å². The van der Waals surface area contributed by atoms with E-state index in [2.05, 4.69) is 35.0 Å². The molecule has 3 heterocycles. The van der Waals surface area contributed by atoms with Gasteiger partial charge in [0.1, 0.15) is 5.75 Å². The zero-order chi connectivity index (χ0) is 23.4. The molecule has 0 amide bonds. The molecule has 0 fully saturated rings. The van der Waals surface area contributed by atoms with Crippen molar-refractivity contribution in [1.82, 2.24) is 19.6 Å². The summed E-state index contributed by atoms with van der Waals surface area (Å²) in [6.07, 6.45) is 1.66. The average Bonchev–Trinajstić information content (AvgIpc) is 3.48. The van der Waals surface area contributed by atoms with Crippen LogP contribution in [-0.2, 0) is 0 Å². The summed E-state index contributed by atoms with van der Waals surface area (Å²) >= 11 is 0. The van der Waals surface area contributed by atoms with Gasteiger partial charge in [-0.05, 0) is 47.9 Å². The number of hydrogen-bond donors (Lipinski definition) is 3. The van der Waals surface area contributed by atoms with Crippen LogP contribution in [0.25, 0.3) is 27.6 Å². The molecular weight excluding hydrogens is 433 g/mol. The van der Waals surface area contributed by atoms with Crippen molar-refractivity contribution >= 4 is 33.3 Å². The highest BCUT2D eigenvalue weighted by Crippen LogP contribution is 2.34. The molecule has 0 spiro atoms. The number of nitrogen functional groups attached to an aromatic ring is 1. The first kappa shape index (κ1) is 20.2. The van der Waals surface area contributed by atoms with E-state index in [0.29, 0.717) is 28.9 Å². The molecule has 7 nitrogen and oxygen atoms in total. The van der Waals surface area contributed by atoms with Gasteiger partial charge in [0.25, 0.3) is 0 Å². The number of nitrogens with one attached hydrogen (secondary N) is 2. The van der Waals surface area contributed by atoms with Gasteiger partial charge >= 0.3 is 0 Å². The molecule has 6 aromatic rings. The van der Waals surface area contributed by atoms with Crippen molar-refractivity contribution in [3.05, 3.63) is 78.2 Å². The number of ether oxygens (including phenoxy) is 2. The summed E-state index contributed by atoms with van der Waals surface area (Å²) in [5, 5.41) is 5.49. The SMILES string of the molecule is CC(C)c1cc2cc(Oc3cnn4c3[nH]c3cc(Oc5ccccc5F)ccc34)[nH]c2cc1N. The van der Waals surface area contributed by atoms with Gasteiger partial charge in [-0.2, -0.15) is 5.10 Å². The molecule has 0 aliphatic rings. The Bertz CT molecular complexity index is 1680. The van der Waals surface area contributed by atoms with Gasteiger partial charge in [0.2, 0.25) is 0 Å². The second-order valence-electron chi connectivity index (χ2n) is 8.56. The number of halogens is 1. The van der Waals surface area contributed by atoms with Crippen LogP contribution < -0.4 is 15.2 Å². The minimum Gasteiger partial charge on any atom is -0.454 e. The summed E-state index contributed by atoms with van der Waals surface area (Å²) in [6.45, 7) is 4.24. The lowest BCUT2D eigenvalue weighted by Gasteiger charge is -2.08. The first-order chi connectivity index (χ1) is 16.5. The van der Waals surface area contributed by atoms with Crippen LogP contribution in [-0.4, -0.2) is 19.6 Å². The van der Waals surface area contributed by atoms with Gasteiger partial charge in [0.15, 0.2) is 28.8 Å². The predicted molar refractivity (Wildman–Crippen MR) is 130 cm³/mol. The number of rotatable bonds is 5. The number of nitrogens with two attached hydrogens (primary N) is 1. The highest BCUT2D eigenvalue weighted by Gasteiger charge is 2.15. The summed E-state index contributed by atoms with van der Waals surface area (Å²) in [6, 6.07) is 17.7. The smallest absolute Gasteiger partial charge is 0.198 e. The van der Waals surface area contributed by atoms with Gasteiger partial charge < -0.3 is 25.2 Å². The van der Waals surface area contributed by atoms with Gasteiger partial charge in [-0.1, -0.05) is 26.0 Å². The maximum Gasteiger partial charge on any atom is 0.198 e. The van der Waals surface area contributed by atoms with Crippen LogP contribution in [0.15, 0.2) is 66.9 Å². The Morgan fingerprint density at radius 2 is 1.79 bits per heavy atom. The summed E-state index contributed by atoms with van der Waals surface area (Å²) in [5.74, 6) is 1.75. The molecule has 170 valence electrons. The van der Waals surface area contributed by atoms with Crippen LogP contribution in [0, 0.1) is 5.82 Å². The molecule has 34 heavy (non-hydrogen) atoms. The molecule has 8 heteroatoms. The van der Waals surface area contributed by atoms with Crippen molar-refractivity contribution in [3.63, 3.8) is 0 Å². The van der Waals surface area contributed by atoms with E-state index in [0.717, 1.165) is 33.2 Å². The number of benzene rings is 3. The minimum atomic E-state index is -0.417. The second-order valence-corrected chi connectivity index (χ2v) is 8.56. The number of nitrogens with zero attached hydrogens (tertiary/aromatic N) is 2. The van der Waals surface area contributed by atoms with E-state index < -0.39 is 5.82 Å². The quantitative estimate of drug-likeness (QED) is 0.251. The molecule has 0 unspecified atom stereocenters. The van der Waals surface area contributed by atoms with Crippen molar-refractivity contribution in [3.8, 4) is 23.1 Å². The van der Waals surface area contributed by atoms with Crippen LogP contribution in [0.4, 0.5) is 10.1 Å². The molecular formula is C26H22FN5O2. The number of para-hydroxylation sites is 1. The van der Waals surface area contributed by atoms with Crippen LogP contribution in [0.3, 0.4) is 0 Å². The normalized spacial score (nSPS) is 11.8. The fraction of sp³-hybridized carbons (Fsp3) is 0.115. The van der Waals surface area contributed by atoms with Crippen molar-refractivity contribution in [2.45, 2.75) is 19.8 Å². The molecule has 0 saturated heterocycles. The van der Waals surface area contributed by atoms with Gasteiger partial charge in [-0.3, -0.25) is 0 Å². The topological polar surface area (TPSA) is 93.4 Å². The minimum absolute atomic E-state index is 0.169. The van der Waals surface area contributed by atoms with Crippen LogP contribution in [0.1, 0.15) is 25.3 Å². The lowest BCUT2D eigenvalue weighted by Crippen LogP contribution is -1.95. The molecule has 3 aromatic heterocycles. The molecule has 6 rings (SSSR count). The van der Waals surface area contributed by atoms with E-state index in [4.69, 9.17) is 15.2 Å². The van der Waals surface area contributed by atoms with Gasteiger partial charge in [0, 0.05) is 23.2 Å². The molecule has 0 aliphatic heterocycles. The third-order valence-corrected chi connectivity index (χ3v) is 5.89. The van der Waals surface area contributed by atoms with Crippen molar-refractivity contribution < 1.29 is 13.9 Å². The van der Waals surface area contributed by atoms with Gasteiger partial charge in [0.05, 0.1) is 22.7 Å². The van der Waals surface area contributed by atoms with Gasteiger partial charge in [-0.25, -0.2) is 8.91 Å². The molecule has 0 radical (unpaired) electrons. The molecule has 0 bridgehead atoms. The van der Waals surface area contributed by atoms with E-state index in [1.165, 1.54) is 6.07 Å². The summed E-state index contributed by atoms with van der Waals surface area (Å²) < 4.78 is 27.6. The maximum atomic E-state index is 14.0. The fourth-order valence-corrected chi connectivity index (χ4v) is 4.21. The zero-order valence-corrected chi connectivity index (χ0v) is 18.6. The highest BCUT2D eigenvalue weighted by molar-refractivity contribution is 5.87. The standard InChI is InChI=1S/C26H22FN5O2/c1-14(2)17-9-15-10-25(30-20(15)12-19(17)28)34-24-13-29-32-22-8-7-16(11-21(22)31-26(24)32)33-23-6-4-3-5-18(23)27/h3-14,30-31H,28H2,1-2H3. The fourth-order valence-electron chi connectivity index (χ4n) is 4.21. The van der Waals surface area contributed by atoms with Crippen molar-refractivity contribution in [2.24, 2.45) is 0 Å². The number of aromatic nitrogens is 4. The lowest BCUT2D eigenvalue weighted by molar-refractivity contribution is 0.443. The van der Waals surface area contributed by atoms with Crippen LogP contribution in [0.2, 0.25) is 0 Å². The zero-order valence-electron chi connectivity index (χ0n) is 18.6. The number of fused-ring (bicyclic) bond motifs is 4. The third kappa shape index (κ3) is 3.31. The number of aromatic amines is 2. The maximum absolute atomic E-state index is 14.0. The van der Waals surface area contributed by atoms with Crippen molar-refractivity contribution in [1.29, 1.82) is 0 Å². The molecule has 4 N–H and O–H groups in total. The van der Waals surface area contributed by atoms with E-state index in [9.17, 15) is 4.39 Å². The third-order valence-electron chi connectivity index (χ3n) is 5.89. The van der Waals surface area contributed by atoms with E-state index >= 15 is 0 Å². The average molecular weight is 455 g/mol. The Balaban J connectivity index is 1.34. The second kappa shape index (κ2) is 7.55. The van der Waals surface area contributed by atoms with E-state index in [1.807, 2.05) is 18.2 Å². The Morgan fingerprint density at radius 1 is 0.941 bits per heavy atom. The number of H-pyrrole nitrogens is 2. The first-order valence-electron chi connectivity index (χ1n) is 11.0. The predicted octanol–water partition coefficient (Wildman–Crippen LogP) is 6.73. The number of anilines is 1. The molecule has 0 aliphatic carbocycles. The Kier molecular flexibility index (Phi) is 4.48. The summed E-state index contributed by atoms with van der Waals surface area (Å²) in [5.41, 5.74) is 11.3. The summed E-state index contributed by atoms with van der Waals surface area (Å²) in [7, 11) is 0. The number of imidazole rings is 1. The first-order valence-corrected chi connectivity index (χ1v) is 11.0. The van der Waals surface area contributed by atoms with E-state index in [-0.39, 0.29) is 5.75 Å².